The Morgan fingerprint density at radius 1 is 1.41 bits per heavy atom. The number of nitrogens with zero attached hydrogens (tertiary/aromatic N) is 3. The number of nitrogens with one attached hydrogen (secondary N) is 2. The molecule has 3 rings (SSSR count). The molecule has 0 unspecified atom stereocenters. The van der Waals surface area contributed by atoms with Crippen LogP contribution in [-0.2, 0) is 6.54 Å². The fourth-order valence-corrected chi connectivity index (χ4v) is 2.55. The molecule has 1 aromatic carbocycles. The average Bonchev–Trinajstić information content (AvgIpc) is 3.08. The molecule has 0 atom stereocenters. The number of aromatic nitrogens is 4. The van der Waals surface area contributed by atoms with Crippen molar-refractivity contribution >= 4 is 39.1 Å². The number of carbonyl (C=O) groups excluding carboxylic acids is 1. The molecule has 0 radical (unpaired) electrons. The van der Waals surface area contributed by atoms with Crippen LogP contribution in [0.3, 0.4) is 0 Å². The van der Waals surface area contributed by atoms with Crippen LogP contribution in [0.4, 0.5) is 5.69 Å². The fraction of sp³-hybridized carbons (Fsp3) is 0.0714. The molecule has 0 spiro atoms. The normalized spacial score (nSPS) is 10.6. The molecule has 0 saturated carbocycles. The standard InChI is InChI=1S/C14H11BrClN5O/c15-12-6-17-20-13(12)14(22)19-11-5-18-21(8-11)7-9-2-1-3-10(16)4-9/h1-6,8H,7H2,(H,17,20)(H,19,22). The molecule has 0 aliphatic carbocycles. The van der Waals surface area contributed by atoms with Gasteiger partial charge in [-0.05, 0) is 33.6 Å². The van der Waals surface area contributed by atoms with E-state index in [-0.39, 0.29) is 5.91 Å². The Bertz CT molecular complexity index is 813. The van der Waals surface area contributed by atoms with Crippen molar-refractivity contribution in [3.8, 4) is 0 Å². The van der Waals surface area contributed by atoms with Gasteiger partial charge in [-0.3, -0.25) is 14.6 Å². The Morgan fingerprint density at radius 2 is 2.27 bits per heavy atom. The van der Waals surface area contributed by atoms with E-state index in [2.05, 4.69) is 36.5 Å². The molecule has 3 aromatic rings. The van der Waals surface area contributed by atoms with Gasteiger partial charge in [0, 0.05) is 11.2 Å². The Balaban J connectivity index is 1.69. The van der Waals surface area contributed by atoms with Crippen molar-refractivity contribution in [2.45, 2.75) is 6.54 Å². The van der Waals surface area contributed by atoms with Crippen molar-refractivity contribution in [1.29, 1.82) is 0 Å². The lowest BCUT2D eigenvalue weighted by atomic mass is 10.2. The number of benzene rings is 1. The minimum Gasteiger partial charge on any atom is -0.318 e. The molecule has 0 fully saturated rings. The summed E-state index contributed by atoms with van der Waals surface area (Å²) in [7, 11) is 0. The number of hydrogen-bond acceptors (Lipinski definition) is 3. The van der Waals surface area contributed by atoms with E-state index in [1.165, 1.54) is 6.20 Å². The Kier molecular flexibility index (Phi) is 4.26. The zero-order chi connectivity index (χ0) is 15.5. The third kappa shape index (κ3) is 3.37. The van der Waals surface area contributed by atoms with E-state index in [9.17, 15) is 4.79 Å². The highest BCUT2D eigenvalue weighted by atomic mass is 79.9. The first-order valence-corrected chi connectivity index (χ1v) is 7.56. The zero-order valence-corrected chi connectivity index (χ0v) is 13.6. The number of rotatable bonds is 4. The van der Waals surface area contributed by atoms with Gasteiger partial charge in [0.25, 0.3) is 5.91 Å². The predicted molar refractivity (Wildman–Crippen MR) is 87.0 cm³/mol. The molecular formula is C14H11BrClN5O. The van der Waals surface area contributed by atoms with Crippen molar-refractivity contribution in [1.82, 2.24) is 20.0 Å². The van der Waals surface area contributed by atoms with Crippen LogP contribution in [0.5, 0.6) is 0 Å². The molecule has 2 heterocycles. The Hall–Kier alpha value is -2.12. The highest BCUT2D eigenvalue weighted by molar-refractivity contribution is 9.10. The van der Waals surface area contributed by atoms with E-state index < -0.39 is 0 Å². The third-order valence-corrected chi connectivity index (χ3v) is 3.78. The van der Waals surface area contributed by atoms with Crippen molar-refractivity contribution in [3.05, 3.63) is 63.6 Å². The SMILES string of the molecule is O=C(Nc1cnn(Cc2cccc(Cl)c2)c1)c1[nH]ncc1Br. The number of carbonyl (C=O) groups is 1. The summed E-state index contributed by atoms with van der Waals surface area (Å²) in [5.41, 5.74) is 2.00. The topological polar surface area (TPSA) is 75.6 Å². The summed E-state index contributed by atoms with van der Waals surface area (Å²) in [6.07, 6.45) is 4.87. The van der Waals surface area contributed by atoms with Gasteiger partial charge < -0.3 is 5.32 Å². The quantitative estimate of drug-likeness (QED) is 0.729. The molecule has 0 bridgehead atoms. The van der Waals surface area contributed by atoms with Gasteiger partial charge >= 0.3 is 0 Å². The summed E-state index contributed by atoms with van der Waals surface area (Å²) in [5.74, 6) is -0.285. The van der Waals surface area contributed by atoms with E-state index in [1.807, 2.05) is 24.3 Å². The van der Waals surface area contributed by atoms with Crippen LogP contribution in [0.25, 0.3) is 0 Å². The van der Waals surface area contributed by atoms with Gasteiger partial charge in [0.15, 0.2) is 0 Å². The highest BCUT2D eigenvalue weighted by Crippen LogP contribution is 2.16. The van der Waals surface area contributed by atoms with Crippen molar-refractivity contribution < 1.29 is 4.79 Å². The van der Waals surface area contributed by atoms with Gasteiger partial charge in [0.05, 0.1) is 29.1 Å². The van der Waals surface area contributed by atoms with E-state index in [1.54, 1.807) is 17.1 Å². The molecule has 2 aromatic heterocycles. The zero-order valence-electron chi connectivity index (χ0n) is 11.3. The lowest BCUT2D eigenvalue weighted by Crippen LogP contribution is -2.12. The van der Waals surface area contributed by atoms with Gasteiger partial charge in [0.1, 0.15) is 5.69 Å². The fourth-order valence-electron chi connectivity index (χ4n) is 1.96. The summed E-state index contributed by atoms with van der Waals surface area (Å²) in [6, 6.07) is 7.55. The summed E-state index contributed by atoms with van der Waals surface area (Å²) in [6.45, 7) is 0.574. The lowest BCUT2D eigenvalue weighted by Gasteiger charge is -2.02. The third-order valence-electron chi connectivity index (χ3n) is 2.94. The molecule has 0 aliphatic rings. The first-order valence-electron chi connectivity index (χ1n) is 6.39. The number of hydrogen-bond donors (Lipinski definition) is 2. The largest absolute Gasteiger partial charge is 0.318 e. The number of H-pyrrole nitrogens is 1. The van der Waals surface area contributed by atoms with Crippen molar-refractivity contribution in [2.75, 3.05) is 5.32 Å². The van der Waals surface area contributed by atoms with Gasteiger partial charge in [0.2, 0.25) is 0 Å². The van der Waals surface area contributed by atoms with Crippen LogP contribution < -0.4 is 5.32 Å². The summed E-state index contributed by atoms with van der Waals surface area (Å²) in [5, 5.41) is 14.1. The van der Waals surface area contributed by atoms with E-state index in [4.69, 9.17) is 11.6 Å². The van der Waals surface area contributed by atoms with E-state index in [0.29, 0.717) is 27.4 Å². The van der Waals surface area contributed by atoms with E-state index >= 15 is 0 Å². The lowest BCUT2D eigenvalue weighted by molar-refractivity contribution is 0.102. The molecule has 1 amide bonds. The molecule has 6 nitrogen and oxygen atoms in total. The number of halogens is 2. The van der Waals surface area contributed by atoms with E-state index in [0.717, 1.165) is 5.56 Å². The second-order valence-corrected chi connectivity index (χ2v) is 5.89. The molecule has 0 saturated heterocycles. The molecule has 22 heavy (non-hydrogen) atoms. The summed E-state index contributed by atoms with van der Waals surface area (Å²) < 4.78 is 2.33. The highest BCUT2D eigenvalue weighted by Gasteiger charge is 2.13. The maximum absolute atomic E-state index is 12.0. The van der Waals surface area contributed by atoms with Gasteiger partial charge in [-0.1, -0.05) is 23.7 Å². The minimum absolute atomic E-state index is 0.285. The van der Waals surface area contributed by atoms with Gasteiger partial charge in [-0.15, -0.1) is 0 Å². The van der Waals surface area contributed by atoms with Crippen LogP contribution in [-0.4, -0.2) is 25.9 Å². The Labute approximate surface area is 139 Å². The average molecular weight is 381 g/mol. The summed E-state index contributed by atoms with van der Waals surface area (Å²) in [4.78, 5) is 12.0. The van der Waals surface area contributed by atoms with Crippen molar-refractivity contribution in [2.24, 2.45) is 0 Å². The second-order valence-electron chi connectivity index (χ2n) is 4.60. The number of anilines is 1. The monoisotopic (exact) mass is 379 g/mol. The van der Waals surface area contributed by atoms with Crippen LogP contribution in [0.1, 0.15) is 16.1 Å². The maximum atomic E-state index is 12.0. The minimum atomic E-state index is -0.285. The van der Waals surface area contributed by atoms with Gasteiger partial charge in [-0.2, -0.15) is 10.2 Å². The van der Waals surface area contributed by atoms with Crippen molar-refractivity contribution in [3.63, 3.8) is 0 Å². The molecule has 0 aliphatic heterocycles. The first-order chi connectivity index (χ1) is 10.6. The number of amides is 1. The van der Waals surface area contributed by atoms with Crippen LogP contribution in [0.2, 0.25) is 5.02 Å². The molecular weight excluding hydrogens is 370 g/mol. The summed E-state index contributed by atoms with van der Waals surface area (Å²) >= 11 is 9.21. The Morgan fingerprint density at radius 3 is 3.00 bits per heavy atom. The smallest absolute Gasteiger partial charge is 0.274 e. The molecule has 112 valence electrons. The van der Waals surface area contributed by atoms with Crippen LogP contribution in [0, 0.1) is 0 Å². The predicted octanol–water partition coefficient (Wildman–Crippen LogP) is 3.32. The maximum Gasteiger partial charge on any atom is 0.274 e. The number of aromatic amines is 1. The molecule has 2 N–H and O–H groups in total. The van der Waals surface area contributed by atoms with Gasteiger partial charge in [-0.25, -0.2) is 0 Å². The first kappa shape index (κ1) is 14.8. The second kappa shape index (κ2) is 6.33. The van der Waals surface area contributed by atoms with Crippen LogP contribution >= 0.6 is 27.5 Å². The molecule has 8 heteroatoms. The van der Waals surface area contributed by atoms with Crippen LogP contribution in [0.15, 0.2) is 47.3 Å².